The fourth-order valence-electron chi connectivity index (χ4n) is 2.64. The van der Waals surface area contributed by atoms with Crippen LogP contribution in [0.25, 0.3) is 22.0 Å². The third kappa shape index (κ3) is 2.63. The molecule has 1 aromatic heterocycles. The maximum Gasteiger partial charge on any atom is 0.227 e. The summed E-state index contributed by atoms with van der Waals surface area (Å²) in [6.07, 6.45) is 1.46. The van der Waals surface area contributed by atoms with Gasteiger partial charge in [0.2, 0.25) is 11.3 Å². The fraction of sp³-hybridized carbons (Fsp3) is 0.111. The number of rotatable bonds is 2. The van der Waals surface area contributed by atoms with E-state index >= 15 is 0 Å². The highest BCUT2D eigenvalue weighted by molar-refractivity contribution is 6.30. The minimum absolute atomic E-state index is 0.0588. The second kappa shape index (κ2) is 6.02. The number of phenols is 1. The minimum Gasteiger partial charge on any atom is -0.507 e. The summed E-state index contributed by atoms with van der Waals surface area (Å²) in [5, 5.41) is 10.8. The molecule has 1 N–H and O–H groups in total. The molecule has 0 aliphatic heterocycles. The topological polar surface area (TPSA) is 68.5 Å². The van der Waals surface area contributed by atoms with Gasteiger partial charge >= 0.3 is 0 Å². The number of hydrogen-bond acceptors (Lipinski definition) is 4. The van der Waals surface area contributed by atoms with Crippen LogP contribution in [0.2, 0.25) is 5.02 Å². The Bertz CT molecular complexity index is 1020. The summed E-state index contributed by atoms with van der Waals surface area (Å²) >= 11 is 6.00. The number of carbonyl (C=O) groups is 1. The molecular weight excluding hydrogens is 330 g/mol. The predicted molar refractivity (Wildman–Crippen MR) is 93.2 cm³/mol. The zero-order valence-electron chi connectivity index (χ0n) is 13.0. The van der Waals surface area contributed by atoms with Crippen LogP contribution < -0.4 is 10.2 Å². The Kier molecular flexibility index (Phi) is 4.03. The van der Waals surface area contributed by atoms with Crippen LogP contribution in [0.5, 0.6) is 11.5 Å². The molecule has 0 spiro atoms. The van der Waals surface area contributed by atoms with Crippen molar-refractivity contribution < 1.29 is 14.6 Å². The molecule has 1 heterocycles. The van der Waals surface area contributed by atoms with E-state index in [0.717, 1.165) is 0 Å². The van der Waals surface area contributed by atoms with Crippen LogP contribution in [-0.2, 0) is 0 Å². The lowest BCUT2D eigenvalue weighted by Crippen LogP contribution is -2.16. The number of nitrogens with zero attached hydrogens (tertiary/aromatic N) is 1. The number of methoxy groups -OCH3 is 1. The van der Waals surface area contributed by atoms with Crippen LogP contribution in [0.15, 0.2) is 47.4 Å². The van der Waals surface area contributed by atoms with Crippen LogP contribution in [-0.4, -0.2) is 22.7 Å². The normalized spacial score (nSPS) is 10.8. The smallest absolute Gasteiger partial charge is 0.227 e. The summed E-state index contributed by atoms with van der Waals surface area (Å²) < 4.78 is 6.42. The maximum atomic E-state index is 12.9. The van der Waals surface area contributed by atoms with Gasteiger partial charge in [-0.15, -0.1) is 0 Å². The van der Waals surface area contributed by atoms with E-state index in [4.69, 9.17) is 16.3 Å². The first-order valence-electron chi connectivity index (χ1n) is 7.15. The van der Waals surface area contributed by atoms with E-state index in [1.807, 2.05) is 0 Å². The Morgan fingerprint density at radius 1 is 1.25 bits per heavy atom. The quantitative estimate of drug-likeness (QED) is 0.770. The summed E-state index contributed by atoms with van der Waals surface area (Å²) in [7, 11) is 1.44. The van der Waals surface area contributed by atoms with Gasteiger partial charge in [-0.05, 0) is 17.7 Å². The minimum atomic E-state index is -0.384. The molecule has 3 aromatic rings. The second-order valence-corrected chi connectivity index (χ2v) is 5.75. The molecule has 3 rings (SSSR count). The molecule has 0 amide bonds. The number of aromatic nitrogens is 1. The number of ether oxygens (including phenoxy) is 1. The average Bonchev–Trinajstić information content (AvgIpc) is 2.54. The van der Waals surface area contributed by atoms with E-state index in [1.165, 1.54) is 30.9 Å². The average molecular weight is 344 g/mol. The van der Waals surface area contributed by atoms with E-state index in [-0.39, 0.29) is 33.6 Å². The van der Waals surface area contributed by atoms with Crippen molar-refractivity contribution in [3.63, 3.8) is 0 Å². The van der Waals surface area contributed by atoms with Gasteiger partial charge in [0.15, 0.2) is 0 Å². The highest BCUT2D eigenvalue weighted by Gasteiger charge is 2.17. The van der Waals surface area contributed by atoms with Crippen molar-refractivity contribution in [1.29, 1.82) is 0 Å². The van der Waals surface area contributed by atoms with Crippen LogP contribution in [0.1, 0.15) is 11.7 Å². The largest absolute Gasteiger partial charge is 0.507 e. The van der Waals surface area contributed by atoms with Gasteiger partial charge in [0.05, 0.1) is 18.0 Å². The van der Waals surface area contributed by atoms with Crippen molar-refractivity contribution >= 4 is 28.4 Å². The third-order valence-electron chi connectivity index (χ3n) is 3.77. The molecule has 0 bridgehead atoms. The zero-order chi connectivity index (χ0) is 17.4. The van der Waals surface area contributed by atoms with Crippen molar-refractivity contribution in [2.45, 2.75) is 6.92 Å². The van der Waals surface area contributed by atoms with Gasteiger partial charge < -0.3 is 9.84 Å². The molecule has 0 unspecified atom stereocenters. The summed E-state index contributed by atoms with van der Waals surface area (Å²) in [6.45, 7) is 1.38. The first kappa shape index (κ1) is 16.1. The molecule has 6 heteroatoms. The molecular formula is C18H14ClNO4. The van der Waals surface area contributed by atoms with Gasteiger partial charge in [0, 0.05) is 35.8 Å². The van der Waals surface area contributed by atoms with Crippen molar-refractivity contribution in [2.75, 3.05) is 7.11 Å². The van der Waals surface area contributed by atoms with E-state index in [1.54, 1.807) is 30.3 Å². The molecule has 122 valence electrons. The third-order valence-corrected chi connectivity index (χ3v) is 4.01. The summed E-state index contributed by atoms with van der Waals surface area (Å²) in [4.78, 5) is 24.9. The number of aromatic hydroxyl groups is 1. The van der Waals surface area contributed by atoms with Crippen LogP contribution in [0.4, 0.5) is 0 Å². The van der Waals surface area contributed by atoms with E-state index in [0.29, 0.717) is 16.3 Å². The summed E-state index contributed by atoms with van der Waals surface area (Å²) in [5.41, 5.74) is 0.750. The molecule has 0 radical (unpaired) electrons. The Morgan fingerprint density at radius 2 is 2.00 bits per heavy atom. The summed E-state index contributed by atoms with van der Waals surface area (Å²) in [6, 6.07) is 9.65. The van der Waals surface area contributed by atoms with Gasteiger partial charge in [-0.1, -0.05) is 23.7 Å². The molecule has 0 saturated carbocycles. The van der Waals surface area contributed by atoms with E-state index < -0.39 is 0 Å². The predicted octanol–water partition coefficient (Wildman–Crippen LogP) is 3.70. The Hall–Kier alpha value is -2.79. The Balaban J connectivity index is 2.46. The number of phenolic OH excluding ortho intramolecular Hbond substituents is 1. The Morgan fingerprint density at radius 3 is 2.62 bits per heavy atom. The lowest BCUT2D eigenvalue weighted by atomic mass is 10.0. The molecule has 0 saturated heterocycles. The Labute approximate surface area is 142 Å². The first-order valence-corrected chi connectivity index (χ1v) is 7.53. The van der Waals surface area contributed by atoms with Crippen molar-refractivity contribution in [1.82, 2.24) is 4.57 Å². The van der Waals surface area contributed by atoms with Crippen molar-refractivity contribution in [3.8, 4) is 22.6 Å². The van der Waals surface area contributed by atoms with Gasteiger partial charge in [-0.3, -0.25) is 14.2 Å². The lowest BCUT2D eigenvalue weighted by Gasteiger charge is -2.13. The van der Waals surface area contributed by atoms with Crippen LogP contribution in [0, 0.1) is 0 Å². The first-order chi connectivity index (χ1) is 11.4. The van der Waals surface area contributed by atoms with Gasteiger partial charge in [0.1, 0.15) is 11.5 Å². The van der Waals surface area contributed by atoms with E-state index in [9.17, 15) is 14.7 Å². The molecule has 0 aliphatic rings. The molecule has 0 atom stereocenters. The van der Waals surface area contributed by atoms with Crippen LogP contribution in [0.3, 0.4) is 0 Å². The lowest BCUT2D eigenvalue weighted by molar-refractivity contribution is 0.0941. The number of pyridine rings is 1. The molecule has 2 aromatic carbocycles. The molecule has 24 heavy (non-hydrogen) atoms. The van der Waals surface area contributed by atoms with E-state index in [2.05, 4.69) is 0 Å². The van der Waals surface area contributed by atoms with Crippen LogP contribution >= 0.6 is 11.6 Å². The fourth-order valence-corrected chi connectivity index (χ4v) is 2.83. The number of benzene rings is 2. The van der Waals surface area contributed by atoms with Gasteiger partial charge in [-0.2, -0.15) is 0 Å². The highest BCUT2D eigenvalue weighted by atomic mass is 35.5. The zero-order valence-corrected chi connectivity index (χ0v) is 13.8. The number of hydrogen-bond donors (Lipinski definition) is 1. The standard InChI is InChI=1S/C18H14ClNO4/c1-10(21)20-9-14(11-4-3-5-12(19)6-11)18(23)17-15(20)7-13(24-2)8-16(17)22/h3-9,22H,1-2H3. The van der Waals surface area contributed by atoms with Crippen molar-refractivity contribution in [3.05, 3.63) is 57.8 Å². The molecule has 0 fully saturated rings. The summed E-state index contributed by atoms with van der Waals surface area (Å²) in [5.74, 6) is -0.186. The molecule has 5 nitrogen and oxygen atoms in total. The monoisotopic (exact) mass is 343 g/mol. The number of fused-ring (bicyclic) bond motifs is 1. The number of carbonyl (C=O) groups excluding carboxylic acids is 1. The van der Waals surface area contributed by atoms with Gasteiger partial charge in [0.25, 0.3) is 0 Å². The van der Waals surface area contributed by atoms with Crippen molar-refractivity contribution in [2.24, 2.45) is 0 Å². The SMILES string of the molecule is COc1cc(O)c2c(=O)c(-c3cccc(Cl)c3)cn(C(C)=O)c2c1. The highest BCUT2D eigenvalue weighted by Crippen LogP contribution is 2.30. The second-order valence-electron chi connectivity index (χ2n) is 5.31. The molecule has 0 aliphatic carbocycles. The number of halogens is 1. The maximum absolute atomic E-state index is 12.9. The van der Waals surface area contributed by atoms with Gasteiger partial charge in [-0.25, -0.2) is 0 Å².